The zero-order valence-electron chi connectivity index (χ0n) is 22.8. The molecule has 2 aromatic rings. The summed E-state index contributed by atoms with van der Waals surface area (Å²) >= 11 is 0. The monoisotopic (exact) mass is 527 g/mol. The molecule has 2 atom stereocenters. The summed E-state index contributed by atoms with van der Waals surface area (Å²) in [5.41, 5.74) is 8.73. The van der Waals surface area contributed by atoms with Crippen LogP contribution in [0.15, 0.2) is 53.7 Å². The smallest absolute Gasteiger partial charge is 0.313 e. The van der Waals surface area contributed by atoms with Crippen LogP contribution < -0.4 is 11.1 Å². The van der Waals surface area contributed by atoms with Gasteiger partial charge < -0.3 is 25.7 Å². The molecular weight excluding hydrogens is 486 g/mol. The molecule has 0 spiro atoms. The Labute approximate surface area is 225 Å². The third-order valence-electron chi connectivity index (χ3n) is 5.66. The molecule has 2 unspecified atom stereocenters. The number of hydrogen-bond donors (Lipinski definition) is 3. The summed E-state index contributed by atoms with van der Waals surface area (Å²) in [5, 5.41) is 13.5. The first-order chi connectivity index (χ1) is 18.3. The van der Waals surface area contributed by atoms with Gasteiger partial charge in [0.05, 0.1) is 25.0 Å². The van der Waals surface area contributed by atoms with Gasteiger partial charge in [0.25, 0.3) is 5.91 Å². The van der Waals surface area contributed by atoms with E-state index >= 15 is 0 Å². The van der Waals surface area contributed by atoms with E-state index in [1.54, 1.807) is 31.2 Å². The fourth-order valence-corrected chi connectivity index (χ4v) is 3.78. The van der Waals surface area contributed by atoms with Gasteiger partial charge in [-0.3, -0.25) is 14.4 Å². The molecule has 0 radical (unpaired) electrons. The molecule has 208 valence electrons. The van der Waals surface area contributed by atoms with Crippen molar-refractivity contribution in [2.24, 2.45) is 5.16 Å². The highest BCUT2D eigenvalue weighted by Crippen LogP contribution is 2.26. The average molecular weight is 528 g/mol. The molecule has 0 heterocycles. The molecule has 2 rings (SSSR count). The predicted molar refractivity (Wildman–Crippen MR) is 149 cm³/mol. The van der Waals surface area contributed by atoms with Crippen molar-refractivity contribution >= 4 is 35.4 Å². The first-order valence-corrected chi connectivity index (χ1v) is 13.1. The molecule has 4 N–H and O–H groups in total. The molecule has 0 aliphatic rings. The summed E-state index contributed by atoms with van der Waals surface area (Å²) in [6, 6.07) is 14.4. The Bertz CT molecular complexity index is 1010. The van der Waals surface area contributed by atoms with E-state index in [0.717, 1.165) is 49.4 Å². The number of oxime groups is 1. The molecule has 0 saturated heterocycles. The lowest BCUT2D eigenvalue weighted by atomic mass is 9.93. The van der Waals surface area contributed by atoms with Gasteiger partial charge in [0.1, 0.15) is 6.21 Å². The zero-order valence-corrected chi connectivity index (χ0v) is 22.8. The molecule has 2 aromatic carbocycles. The maximum absolute atomic E-state index is 12.1. The lowest BCUT2D eigenvalue weighted by Crippen LogP contribution is -2.16. The maximum Gasteiger partial charge on any atom is 0.313 e. The fraction of sp³-hybridized carbons (Fsp3) is 0.448. The van der Waals surface area contributed by atoms with E-state index in [1.165, 1.54) is 0 Å². The number of nitrogen functional groups attached to an aromatic ring is 1. The largest absolute Gasteiger partial charge is 0.466 e. The number of unbranched alkanes of at least 4 members (excludes halogenated alkanes) is 1. The maximum atomic E-state index is 12.1. The number of benzene rings is 2. The van der Waals surface area contributed by atoms with Gasteiger partial charge in [-0.1, -0.05) is 62.5 Å². The molecule has 0 bridgehead atoms. The van der Waals surface area contributed by atoms with E-state index in [4.69, 9.17) is 20.4 Å². The molecule has 0 saturated carbocycles. The van der Waals surface area contributed by atoms with Crippen LogP contribution in [-0.2, 0) is 23.9 Å². The van der Waals surface area contributed by atoms with Crippen LogP contribution in [0.25, 0.3) is 0 Å². The van der Waals surface area contributed by atoms with Crippen LogP contribution in [0.5, 0.6) is 0 Å². The zero-order chi connectivity index (χ0) is 28.3. The van der Waals surface area contributed by atoms with Crippen molar-refractivity contribution < 1.29 is 29.1 Å². The number of nitrogens with two attached hydrogens (primary N) is 1. The van der Waals surface area contributed by atoms with Crippen molar-refractivity contribution in [1.82, 2.24) is 0 Å². The Morgan fingerprint density at radius 3 is 1.79 bits per heavy atom. The Balaban J connectivity index is 0.000000399. The van der Waals surface area contributed by atoms with Crippen LogP contribution in [0.2, 0.25) is 0 Å². The average Bonchev–Trinajstić information content (AvgIpc) is 2.90. The Hall–Kier alpha value is -3.88. The number of carbonyl (C=O) groups excluding carboxylic acids is 3. The number of hydrogen-bond acceptors (Lipinski definition) is 8. The van der Waals surface area contributed by atoms with Crippen LogP contribution in [0.3, 0.4) is 0 Å². The second kappa shape index (κ2) is 18.4. The van der Waals surface area contributed by atoms with E-state index < -0.39 is 5.91 Å². The van der Waals surface area contributed by atoms with E-state index in [2.05, 4.69) is 24.3 Å². The summed E-state index contributed by atoms with van der Waals surface area (Å²) in [4.78, 5) is 35.1. The molecule has 1 amide bonds. The third-order valence-corrected chi connectivity index (χ3v) is 5.66. The minimum Gasteiger partial charge on any atom is -0.466 e. The summed E-state index contributed by atoms with van der Waals surface area (Å²) in [7, 11) is 0. The predicted octanol–water partition coefficient (Wildman–Crippen LogP) is 5.64. The molecule has 0 aliphatic carbocycles. The van der Waals surface area contributed by atoms with Crippen molar-refractivity contribution in [2.75, 3.05) is 24.3 Å². The van der Waals surface area contributed by atoms with Gasteiger partial charge in [-0.05, 0) is 62.1 Å². The van der Waals surface area contributed by atoms with Gasteiger partial charge in [0.15, 0.2) is 0 Å². The van der Waals surface area contributed by atoms with Crippen LogP contribution >= 0.6 is 0 Å². The van der Waals surface area contributed by atoms with E-state index in [0.29, 0.717) is 24.6 Å². The van der Waals surface area contributed by atoms with E-state index in [1.807, 2.05) is 31.2 Å². The summed E-state index contributed by atoms with van der Waals surface area (Å²) in [6.45, 7) is 8.53. The third kappa shape index (κ3) is 11.5. The molecule has 9 heteroatoms. The van der Waals surface area contributed by atoms with Crippen molar-refractivity contribution in [3.8, 4) is 0 Å². The van der Waals surface area contributed by atoms with Gasteiger partial charge in [-0.25, -0.2) is 0 Å². The van der Waals surface area contributed by atoms with Crippen molar-refractivity contribution in [1.29, 1.82) is 0 Å². The van der Waals surface area contributed by atoms with Crippen LogP contribution in [-0.4, -0.2) is 42.5 Å². The second-order valence-corrected chi connectivity index (χ2v) is 8.56. The van der Waals surface area contributed by atoms with Gasteiger partial charge >= 0.3 is 11.9 Å². The number of amides is 1. The minimum atomic E-state index is -0.525. The summed E-state index contributed by atoms with van der Waals surface area (Å²) in [5.74, 6) is -1.34. The van der Waals surface area contributed by atoms with Crippen molar-refractivity contribution in [3.05, 3.63) is 59.7 Å². The number of ether oxygens (including phenoxy) is 2. The molecule has 0 fully saturated rings. The normalized spacial score (nSPS) is 12.1. The van der Waals surface area contributed by atoms with Crippen LogP contribution in [0, 0.1) is 0 Å². The highest BCUT2D eigenvalue weighted by Gasteiger charge is 2.22. The number of anilines is 2. The minimum absolute atomic E-state index is 0.144. The molecule has 38 heavy (non-hydrogen) atoms. The Morgan fingerprint density at radius 2 is 1.34 bits per heavy atom. The first-order valence-electron chi connectivity index (χ1n) is 13.1. The number of nitrogens with zero attached hydrogens (tertiary/aromatic N) is 1. The lowest BCUT2D eigenvalue weighted by Gasteiger charge is -2.16. The molecule has 0 aliphatic heterocycles. The van der Waals surface area contributed by atoms with Gasteiger partial charge in [-0.15, -0.1) is 0 Å². The topological polar surface area (TPSA) is 140 Å². The Morgan fingerprint density at radius 1 is 0.842 bits per heavy atom. The highest BCUT2D eigenvalue weighted by molar-refractivity contribution is 6.31. The van der Waals surface area contributed by atoms with Gasteiger partial charge in [-0.2, -0.15) is 0 Å². The standard InChI is InChI=1S/C16H22N2O4.C13H19NO2/c1-3-5-6-14(16(20)22-4-2)12-7-9-13(10-8-12)18-15(19)11-17-21;1-3-5-12(13(15)16-4-2)10-6-8-11(14)9-7-10/h7-11,14,21H,3-6H2,1-2H3,(H,18,19);6-9,12H,3-5,14H2,1-2H3/b17-11+;. The fourth-order valence-electron chi connectivity index (χ4n) is 3.78. The number of rotatable bonds is 13. The molecular formula is C29H41N3O6. The summed E-state index contributed by atoms with van der Waals surface area (Å²) < 4.78 is 10.2. The second-order valence-electron chi connectivity index (χ2n) is 8.56. The van der Waals surface area contributed by atoms with Crippen molar-refractivity contribution in [2.45, 2.75) is 71.6 Å². The SMILES string of the molecule is CCCC(C(=O)OCC)c1ccc(N)cc1.CCCCC(C(=O)OCC)c1ccc(NC(=O)/C=N/O)cc1. The van der Waals surface area contributed by atoms with Gasteiger partial charge in [0, 0.05) is 11.4 Å². The van der Waals surface area contributed by atoms with E-state index in [9.17, 15) is 14.4 Å². The summed E-state index contributed by atoms with van der Waals surface area (Å²) in [6.07, 6.45) is 5.21. The van der Waals surface area contributed by atoms with E-state index in [-0.39, 0.29) is 23.8 Å². The number of carbonyl (C=O) groups is 3. The highest BCUT2D eigenvalue weighted by atomic mass is 16.5. The number of nitrogens with one attached hydrogen (secondary N) is 1. The van der Waals surface area contributed by atoms with Gasteiger partial charge in [0.2, 0.25) is 0 Å². The lowest BCUT2D eigenvalue weighted by molar-refractivity contribution is -0.146. The van der Waals surface area contributed by atoms with Crippen molar-refractivity contribution in [3.63, 3.8) is 0 Å². The quantitative estimate of drug-likeness (QED) is 0.101. The van der Waals surface area contributed by atoms with Crippen LogP contribution in [0.4, 0.5) is 11.4 Å². The van der Waals surface area contributed by atoms with Crippen LogP contribution in [0.1, 0.15) is 82.8 Å². The molecule has 0 aromatic heterocycles. The molecule has 9 nitrogen and oxygen atoms in total. The number of esters is 2. The first kappa shape index (κ1) is 32.1. The Kier molecular flexibility index (Phi) is 15.5.